The van der Waals surface area contributed by atoms with Crippen LogP contribution in [-0.4, -0.2) is 19.4 Å². The van der Waals surface area contributed by atoms with Crippen molar-refractivity contribution in [2.45, 2.75) is 6.92 Å². The zero-order valence-corrected chi connectivity index (χ0v) is 12.4. The summed E-state index contributed by atoms with van der Waals surface area (Å²) in [5, 5.41) is 0. The molecule has 0 amide bonds. The van der Waals surface area contributed by atoms with Gasteiger partial charge < -0.3 is 0 Å². The molecule has 0 atom stereocenters. The monoisotopic (exact) mass is 304 g/mol. The van der Waals surface area contributed by atoms with Crippen molar-refractivity contribution in [1.29, 1.82) is 0 Å². The van der Waals surface area contributed by atoms with Gasteiger partial charge in [-0.05, 0) is 49.4 Å². The van der Waals surface area contributed by atoms with E-state index in [0.29, 0.717) is 5.78 Å². The molecule has 0 unspecified atom stereocenters. The summed E-state index contributed by atoms with van der Waals surface area (Å²) in [7, 11) is 0. The molecule has 0 saturated heterocycles. The Morgan fingerprint density at radius 2 is 1.61 bits per heavy atom. The number of imidazole rings is 1. The number of rotatable bonds is 2. The predicted octanol–water partition coefficient (Wildman–Crippen LogP) is 3.91. The number of aryl methyl sites for hydroxylation is 1. The third-order valence-corrected chi connectivity index (χ3v) is 3.71. The van der Waals surface area contributed by atoms with Crippen molar-refractivity contribution in [3.8, 4) is 22.5 Å². The molecule has 0 aliphatic heterocycles. The number of hydrogen-bond acceptors (Lipinski definition) is 3. The van der Waals surface area contributed by atoms with Gasteiger partial charge in [0.15, 0.2) is 0 Å². The fourth-order valence-electron chi connectivity index (χ4n) is 2.61. The lowest BCUT2D eigenvalue weighted by Gasteiger charge is -2.05. The highest BCUT2D eigenvalue weighted by molar-refractivity contribution is 5.81. The van der Waals surface area contributed by atoms with Gasteiger partial charge in [0.05, 0.1) is 11.4 Å². The highest BCUT2D eigenvalue weighted by Crippen LogP contribution is 2.32. The Hall–Kier alpha value is -3.08. The number of nitrogens with zero attached hydrogens (tertiary/aromatic N) is 4. The first-order valence-corrected chi connectivity index (χ1v) is 7.24. The second kappa shape index (κ2) is 5.28. The van der Waals surface area contributed by atoms with Gasteiger partial charge in [-0.2, -0.15) is 0 Å². The van der Waals surface area contributed by atoms with Crippen LogP contribution in [0.5, 0.6) is 0 Å². The van der Waals surface area contributed by atoms with E-state index in [1.165, 1.54) is 12.1 Å². The topological polar surface area (TPSA) is 43.1 Å². The number of hydrogen-bond donors (Lipinski definition) is 0. The molecule has 0 fully saturated rings. The largest absolute Gasteiger partial charge is 0.283 e. The molecule has 1 aromatic carbocycles. The van der Waals surface area contributed by atoms with Crippen LogP contribution in [0, 0.1) is 12.7 Å². The van der Waals surface area contributed by atoms with E-state index in [0.717, 1.165) is 28.2 Å². The van der Waals surface area contributed by atoms with E-state index >= 15 is 0 Å². The van der Waals surface area contributed by atoms with Crippen molar-refractivity contribution in [2.24, 2.45) is 0 Å². The molecule has 4 rings (SSSR count). The Morgan fingerprint density at radius 3 is 2.35 bits per heavy atom. The van der Waals surface area contributed by atoms with Crippen LogP contribution in [-0.2, 0) is 0 Å². The Kier molecular flexibility index (Phi) is 3.12. The van der Waals surface area contributed by atoms with E-state index in [9.17, 15) is 4.39 Å². The van der Waals surface area contributed by atoms with E-state index < -0.39 is 0 Å². The number of fused-ring (bicyclic) bond motifs is 1. The molecule has 0 bridgehead atoms. The average Bonchev–Trinajstić information content (AvgIpc) is 2.94. The van der Waals surface area contributed by atoms with Crippen LogP contribution in [0.3, 0.4) is 0 Å². The van der Waals surface area contributed by atoms with E-state index in [4.69, 9.17) is 0 Å². The molecule has 4 aromatic rings. The minimum absolute atomic E-state index is 0.267. The normalized spacial score (nSPS) is 11.0. The van der Waals surface area contributed by atoms with Gasteiger partial charge in [-0.3, -0.25) is 9.38 Å². The first-order valence-electron chi connectivity index (χ1n) is 7.24. The number of pyridine rings is 1. The highest BCUT2D eigenvalue weighted by atomic mass is 19.1. The maximum atomic E-state index is 13.2. The van der Waals surface area contributed by atoms with Crippen molar-refractivity contribution < 1.29 is 4.39 Å². The summed E-state index contributed by atoms with van der Waals surface area (Å²) in [5.41, 5.74) is 4.42. The Balaban J connectivity index is 2.04. The zero-order valence-electron chi connectivity index (χ0n) is 12.4. The van der Waals surface area contributed by atoms with Crippen molar-refractivity contribution >= 4 is 5.78 Å². The minimum atomic E-state index is -0.267. The fraction of sp³-hybridized carbons (Fsp3) is 0.0556. The van der Waals surface area contributed by atoms with Crippen LogP contribution >= 0.6 is 0 Å². The van der Waals surface area contributed by atoms with Gasteiger partial charge in [-0.25, -0.2) is 14.4 Å². The van der Waals surface area contributed by atoms with Gasteiger partial charge in [0.1, 0.15) is 5.82 Å². The maximum Gasteiger partial charge on any atom is 0.235 e. The zero-order chi connectivity index (χ0) is 15.8. The lowest BCUT2D eigenvalue weighted by Crippen LogP contribution is -1.92. The van der Waals surface area contributed by atoms with Crippen LogP contribution in [0.25, 0.3) is 28.3 Å². The Bertz CT molecular complexity index is 975. The van der Waals surface area contributed by atoms with Gasteiger partial charge in [0, 0.05) is 35.4 Å². The van der Waals surface area contributed by atoms with Crippen molar-refractivity contribution in [2.75, 3.05) is 0 Å². The first-order chi connectivity index (χ1) is 11.2. The van der Waals surface area contributed by atoms with Crippen LogP contribution in [0.1, 0.15) is 5.69 Å². The lowest BCUT2D eigenvalue weighted by molar-refractivity contribution is 0.628. The van der Waals surface area contributed by atoms with Crippen molar-refractivity contribution in [1.82, 2.24) is 19.4 Å². The molecule has 0 aliphatic rings. The van der Waals surface area contributed by atoms with E-state index in [2.05, 4.69) is 15.0 Å². The molecule has 4 nitrogen and oxygen atoms in total. The standard InChI is InChI=1S/C18H13FN4/c1-12-8-11-23-17(14-6-9-20-10-7-14)16(22-18(23)21-12)13-2-4-15(19)5-3-13/h2-11H,1H3. The van der Waals surface area contributed by atoms with Gasteiger partial charge >= 0.3 is 0 Å². The summed E-state index contributed by atoms with van der Waals surface area (Å²) < 4.78 is 15.2. The fourth-order valence-corrected chi connectivity index (χ4v) is 2.61. The van der Waals surface area contributed by atoms with E-state index in [-0.39, 0.29) is 5.82 Å². The van der Waals surface area contributed by atoms with Crippen LogP contribution in [0.15, 0.2) is 61.1 Å². The molecule has 0 N–H and O–H groups in total. The van der Waals surface area contributed by atoms with Crippen LogP contribution in [0.2, 0.25) is 0 Å². The summed E-state index contributed by atoms with van der Waals surface area (Å²) in [4.78, 5) is 13.2. The molecule has 0 saturated carbocycles. The van der Waals surface area contributed by atoms with Gasteiger partial charge in [0.25, 0.3) is 0 Å². The third-order valence-electron chi connectivity index (χ3n) is 3.71. The summed E-state index contributed by atoms with van der Waals surface area (Å²) in [6.45, 7) is 1.93. The van der Waals surface area contributed by atoms with E-state index in [1.807, 2.05) is 35.7 Å². The molecule has 112 valence electrons. The molecular weight excluding hydrogens is 291 g/mol. The minimum Gasteiger partial charge on any atom is -0.283 e. The summed E-state index contributed by atoms with van der Waals surface area (Å²) >= 11 is 0. The molecule has 0 spiro atoms. The molecule has 23 heavy (non-hydrogen) atoms. The lowest BCUT2D eigenvalue weighted by atomic mass is 10.1. The van der Waals surface area contributed by atoms with E-state index in [1.54, 1.807) is 24.5 Å². The second-order valence-corrected chi connectivity index (χ2v) is 5.29. The Labute approximate surface area is 132 Å². The average molecular weight is 304 g/mol. The van der Waals surface area contributed by atoms with Crippen LogP contribution in [0.4, 0.5) is 4.39 Å². The van der Waals surface area contributed by atoms with Crippen LogP contribution < -0.4 is 0 Å². The molecule has 3 aromatic heterocycles. The maximum absolute atomic E-state index is 13.2. The Morgan fingerprint density at radius 1 is 0.870 bits per heavy atom. The quantitative estimate of drug-likeness (QED) is 0.564. The number of benzene rings is 1. The molecule has 3 heterocycles. The number of halogens is 1. The summed E-state index contributed by atoms with van der Waals surface area (Å²) in [5.74, 6) is 0.355. The SMILES string of the molecule is Cc1ccn2c(-c3ccncc3)c(-c3ccc(F)cc3)nc2n1. The first kappa shape index (κ1) is 13.6. The van der Waals surface area contributed by atoms with Gasteiger partial charge in [-0.1, -0.05) is 0 Å². The molecular formula is C18H13FN4. The second-order valence-electron chi connectivity index (χ2n) is 5.29. The third kappa shape index (κ3) is 2.36. The highest BCUT2D eigenvalue weighted by Gasteiger charge is 2.16. The molecule has 5 heteroatoms. The smallest absolute Gasteiger partial charge is 0.235 e. The summed E-state index contributed by atoms with van der Waals surface area (Å²) in [6.07, 6.45) is 5.43. The van der Waals surface area contributed by atoms with Crippen molar-refractivity contribution in [3.05, 3.63) is 72.6 Å². The van der Waals surface area contributed by atoms with Crippen molar-refractivity contribution in [3.63, 3.8) is 0 Å². The predicted molar refractivity (Wildman–Crippen MR) is 86.3 cm³/mol. The molecule has 0 aliphatic carbocycles. The molecule has 0 radical (unpaired) electrons. The van der Waals surface area contributed by atoms with Gasteiger partial charge in [0.2, 0.25) is 5.78 Å². The summed E-state index contributed by atoms with van der Waals surface area (Å²) in [6, 6.07) is 12.1. The van der Waals surface area contributed by atoms with Gasteiger partial charge in [-0.15, -0.1) is 0 Å². The number of aromatic nitrogens is 4.